The van der Waals surface area contributed by atoms with Gasteiger partial charge in [-0.15, -0.1) is 0 Å². The summed E-state index contributed by atoms with van der Waals surface area (Å²) in [6.45, 7) is 15.5. The van der Waals surface area contributed by atoms with Crippen molar-refractivity contribution in [3.8, 4) is 0 Å². The first kappa shape index (κ1) is 18.4. The molecule has 3 unspecified atom stereocenters. The van der Waals surface area contributed by atoms with Crippen LogP contribution < -0.4 is 5.32 Å². The fourth-order valence-electron chi connectivity index (χ4n) is 3.38. The maximum Gasteiger partial charge on any atom is 0.239 e. The molecule has 4 heteroatoms. The van der Waals surface area contributed by atoms with Gasteiger partial charge in [-0.05, 0) is 46.1 Å². The van der Waals surface area contributed by atoms with E-state index in [1.807, 2.05) is 4.90 Å². The van der Waals surface area contributed by atoms with E-state index < -0.39 is 0 Å². The zero-order valence-corrected chi connectivity index (χ0v) is 14.7. The average molecular weight is 297 g/mol. The lowest BCUT2D eigenvalue weighted by atomic mass is 9.89. The van der Waals surface area contributed by atoms with Crippen LogP contribution in [-0.4, -0.2) is 60.5 Å². The molecule has 0 bridgehead atoms. The zero-order valence-electron chi connectivity index (χ0n) is 14.7. The summed E-state index contributed by atoms with van der Waals surface area (Å²) in [5.74, 6) is 0.951. The number of hydrogen-bond donors (Lipinski definition) is 1. The van der Waals surface area contributed by atoms with Crippen molar-refractivity contribution in [3.63, 3.8) is 0 Å². The fourth-order valence-corrected chi connectivity index (χ4v) is 3.38. The Morgan fingerprint density at radius 2 is 1.95 bits per heavy atom. The number of hydrogen-bond acceptors (Lipinski definition) is 3. The first-order valence-electron chi connectivity index (χ1n) is 8.85. The van der Waals surface area contributed by atoms with E-state index in [-0.39, 0.29) is 11.9 Å². The van der Waals surface area contributed by atoms with Gasteiger partial charge in [0.05, 0.1) is 6.04 Å². The highest BCUT2D eigenvalue weighted by Crippen LogP contribution is 2.22. The normalized spacial score (nSPS) is 24.8. The Kier molecular flexibility index (Phi) is 8.27. The molecule has 1 fully saturated rings. The molecule has 3 atom stereocenters. The number of amides is 1. The van der Waals surface area contributed by atoms with Crippen LogP contribution in [0, 0.1) is 5.92 Å². The van der Waals surface area contributed by atoms with E-state index in [1.165, 1.54) is 12.8 Å². The van der Waals surface area contributed by atoms with Crippen LogP contribution in [0.25, 0.3) is 0 Å². The van der Waals surface area contributed by atoms with Crippen LogP contribution in [0.5, 0.6) is 0 Å². The number of carbonyl (C=O) groups excluding carboxylic acids is 1. The van der Waals surface area contributed by atoms with Crippen LogP contribution in [0.4, 0.5) is 0 Å². The molecular weight excluding hydrogens is 262 g/mol. The molecule has 0 saturated carbocycles. The van der Waals surface area contributed by atoms with Gasteiger partial charge in [-0.2, -0.15) is 0 Å². The van der Waals surface area contributed by atoms with Crippen molar-refractivity contribution >= 4 is 5.91 Å². The Bertz CT molecular complexity index is 304. The van der Waals surface area contributed by atoms with Crippen LogP contribution in [0.15, 0.2) is 0 Å². The van der Waals surface area contributed by atoms with Crippen molar-refractivity contribution < 1.29 is 4.79 Å². The number of likely N-dealkylation sites (tertiary alicyclic amines) is 1. The maximum absolute atomic E-state index is 12.5. The van der Waals surface area contributed by atoms with E-state index in [9.17, 15) is 4.79 Å². The van der Waals surface area contributed by atoms with E-state index in [2.05, 4.69) is 44.8 Å². The highest BCUT2D eigenvalue weighted by Gasteiger charge is 2.33. The van der Waals surface area contributed by atoms with E-state index in [0.717, 1.165) is 39.1 Å². The second kappa shape index (κ2) is 9.42. The summed E-state index contributed by atoms with van der Waals surface area (Å²) in [7, 11) is 0. The summed E-state index contributed by atoms with van der Waals surface area (Å²) < 4.78 is 0. The predicted molar refractivity (Wildman–Crippen MR) is 89.4 cm³/mol. The van der Waals surface area contributed by atoms with E-state index >= 15 is 0 Å². The van der Waals surface area contributed by atoms with Gasteiger partial charge in [0.1, 0.15) is 0 Å². The predicted octanol–water partition coefficient (Wildman–Crippen LogP) is 2.34. The van der Waals surface area contributed by atoms with Gasteiger partial charge in [0.2, 0.25) is 5.91 Å². The molecule has 0 aromatic heterocycles. The Morgan fingerprint density at radius 3 is 2.48 bits per heavy atom. The third kappa shape index (κ3) is 4.96. The lowest BCUT2D eigenvalue weighted by molar-refractivity contribution is -0.137. The molecule has 0 radical (unpaired) electrons. The second-order valence-corrected chi connectivity index (χ2v) is 6.20. The van der Waals surface area contributed by atoms with Crippen LogP contribution in [0.1, 0.15) is 53.9 Å². The summed E-state index contributed by atoms with van der Waals surface area (Å²) in [6, 6.07) is 0.646. The number of rotatable bonds is 8. The first-order chi connectivity index (χ1) is 10.1. The Labute approximate surface area is 131 Å². The molecule has 1 saturated heterocycles. The zero-order chi connectivity index (χ0) is 15.8. The fraction of sp³-hybridized carbons (Fsp3) is 0.941. The van der Waals surface area contributed by atoms with Gasteiger partial charge >= 0.3 is 0 Å². The summed E-state index contributed by atoms with van der Waals surface area (Å²) in [5, 5.41) is 3.68. The molecule has 1 aliphatic heterocycles. The number of nitrogens with one attached hydrogen (secondary N) is 1. The molecule has 1 N–H and O–H groups in total. The van der Waals surface area contributed by atoms with Gasteiger partial charge in [-0.3, -0.25) is 9.69 Å². The summed E-state index contributed by atoms with van der Waals surface area (Å²) in [5.41, 5.74) is 0. The van der Waals surface area contributed by atoms with Crippen LogP contribution in [0.3, 0.4) is 0 Å². The van der Waals surface area contributed by atoms with E-state index in [0.29, 0.717) is 12.0 Å². The van der Waals surface area contributed by atoms with Gasteiger partial charge in [0.25, 0.3) is 0 Å². The van der Waals surface area contributed by atoms with Crippen molar-refractivity contribution in [1.82, 2.24) is 15.1 Å². The van der Waals surface area contributed by atoms with Gasteiger partial charge in [-0.1, -0.05) is 20.3 Å². The first-order valence-corrected chi connectivity index (χ1v) is 8.85. The van der Waals surface area contributed by atoms with Gasteiger partial charge in [0, 0.05) is 32.2 Å². The third-order valence-corrected chi connectivity index (χ3v) is 4.93. The van der Waals surface area contributed by atoms with Crippen LogP contribution in [-0.2, 0) is 4.79 Å². The highest BCUT2D eigenvalue weighted by molar-refractivity contribution is 5.81. The quantitative estimate of drug-likeness (QED) is 0.747. The number of likely N-dealkylation sites (N-methyl/N-ethyl adjacent to an activating group) is 1. The van der Waals surface area contributed by atoms with E-state index in [4.69, 9.17) is 0 Å². The van der Waals surface area contributed by atoms with Gasteiger partial charge < -0.3 is 10.2 Å². The molecule has 0 aromatic rings. The minimum Gasteiger partial charge on any atom is -0.342 e. The number of carbonyl (C=O) groups is 1. The largest absolute Gasteiger partial charge is 0.342 e. The molecule has 4 nitrogen and oxygen atoms in total. The lowest BCUT2D eigenvalue weighted by Gasteiger charge is -2.42. The van der Waals surface area contributed by atoms with Crippen LogP contribution in [0.2, 0.25) is 0 Å². The monoisotopic (exact) mass is 297 g/mol. The van der Waals surface area contributed by atoms with Crippen LogP contribution >= 0.6 is 0 Å². The minimum atomic E-state index is 0.0195. The highest BCUT2D eigenvalue weighted by atomic mass is 16.2. The Balaban J connectivity index is 2.59. The third-order valence-electron chi connectivity index (χ3n) is 4.93. The maximum atomic E-state index is 12.5. The van der Waals surface area contributed by atoms with E-state index in [1.54, 1.807) is 0 Å². The molecule has 124 valence electrons. The summed E-state index contributed by atoms with van der Waals surface area (Å²) in [6.07, 6.45) is 3.53. The van der Waals surface area contributed by atoms with Gasteiger partial charge in [0.15, 0.2) is 0 Å². The SMILES string of the molecule is CCCNC1CCN(C(C)C(=O)N(CC)CC)CC1CC. The average Bonchev–Trinajstić information content (AvgIpc) is 2.52. The molecule has 21 heavy (non-hydrogen) atoms. The Hall–Kier alpha value is -0.610. The van der Waals surface area contributed by atoms with Gasteiger partial charge in [-0.25, -0.2) is 0 Å². The molecule has 1 heterocycles. The second-order valence-electron chi connectivity index (χ2n) is 6.20. The lowest BCUT2D eigenvalue weighted by Crippen LogP contribution is -2.55. The van der Waals surface area contributed by atoms with Crippen molar-refractivity contribution in [3.05, 3.63) is 0 Å². The topological polar surface area (TPSA) is 35.6 Å². The summed E-state index contributed by atoms with van der Waals surface area (Å²) in [4.78, 5) is 16.9. The van der Waals surface area contributed by atoms with Crippen molar-refractivity contribution in [2.75, 3.05) is 32.7 Å². The van der Waals surface area contributed by atoms with Crippen molar-refractivity contribution in [2.45, 2.75) is 66.0 Å². The van der Waals surface area contributed by atoms with Crippen molar-refractivity contribution in [2.24, 2.45) is 5.92 Å². The molecule has 1 rings (SSSR count). The minimum absolute atomic E-state index is 0.0195. The molecule has 0 aliphatic carbocycles. The standard InChI is InChI=1S/C17H35N3O/c1-6-11-18-16-10-12-20(13-15(16)7-2)14(5)17(21)19(8-3)9-4/h14-16,18H,6-13H2,1-5H3. The molecule has 1 amide bonds. The molecule has 0 spiro atoms. The van der Waals surface area contributed by atoms with Crippen molar-refractivity contribution in [1.29, 1.82) is 0 Å². The number of nitrogens with zero attached hydrogens (tertiary/aromatic N) is 2. The number of piperidine rings is 1. The smallest absolute Gasteiger partial charge is 0.239 e. The Morgan fingerprint density at radius 1 is 1.29 bits per heavy atom. The molecule has 1 aliphatic rings. The molecular formula is C17H35N3O. The molecule has 0 aromatic carbocycles. The summed E-state index contributed by atoms with van der Waals surface area (Å²) >= 11 is 0.